The van der Waals surface area contributed by atoms with Gasteiger partial charge >= 0.3 is 6.18 Å². The number of carbonyl (C=O) groups excluding carboxylic acids is 1. The molecule has 0 spiro atoms. The van der Waals surface area contributed by atoms with Crippen molar-refractivity contribution in [3.8, 4) is 11.5 Å². The van der Waals surface area contributed by atoms with Crippen molar-refractivity contribution in [2.24, 2.45) is 0 Å². The molecule has 0 aromatic carbocycles. The van der Waals surface area contributed by atoms with Crippen LogP contribution in [0.1, 0.15) is 42.7 Å². The molecular formula is C19H19F3N4O2. The first-order valence-corrected chi connectivity index (χ1v) is 9.18. The Bertz CT molecular complexity index is 973. The van der Waals surface area contributed by atoms with Gasteiger partial charge < -0.3 is 14.3 Å². The summed E-state index contributed by atoms with van der Waals surface area (Å²) in [7, 11) is 0. The molecule has 0 atom stereocenters. The van der Waals surface area contributed by atoms with Crippen LogP contribution in [0.25, 0.3) is 22.5 Å². The number of aromatic amines is 1. The van der Waals surface area contributed by atoms with Gasteiger partial charge in [0, 0.05) is 24.2 Å². The van der Waals surface area contributed by atoms with Crippen LogP contribution in [0.3, 0.4) is 0 Å². The fourth-order valence-corrected chi connectivity index (χ4v) is 3.70. The summed E-state index contributed by atoms with van der Waals surface area (Å²) in [6.07, 6.45) is 1.01. The third kappa shape index (κ3) is 3.74. The number of hydrogen-bond donors (Lipinski definition) is 1. The monoisotopic (exact) mass is 392 g/mol. The predicted molar refractivity (Wildman–Crippen MR) is 95.6 cm³/mol. The number of aromatic nitrogens is 3. The molecule has 28 heavy (non-hydrogen) atoms. The molecular weight excluding hydrogens is 373 g/mol. The van der Waals surface area contributed by atoms with E-state index in [0.717, 1.165) is 18.2 Å². The van der Waals surface area contributed by atoms with E-state index in [1.54, 1.807) is 18.3 Å². The lowest BCUT2D eigenvalue weighted by Gasteiger charge is -2.28. The second-order valence-electron chi connectivity index (χ2n) is 6.93. The van der Waals surface area contributed by atoms with Gasteiger partial charge in [0.05, 0.1) is 6.42 Å². The van der Waals surface area contributed by atoms with Crippen molar-refractivity contribution in [3.05, 3.63) is 36.5 Å². The summed E-state index contributed by atoms with van der Waals surface area (Å²) >= 11 is 0. The second kappa shape index (κ2) is 7.29. The summed E-state index contributed by atoms with van der Waals surface area (Å²) in [4.78, 5) is 25.5. The maximum atomic E-state index is 12.9. The minimum absolute atomic E-state index is 0.0198. The molecule has 1 aliphatic rings. The van der Waals surface area contributed by atoms with Gasteiger partial charge in [-0.3, -0.25) is 4.79 Å². The summed E-state index contributed by atoms with van der Waals surface area (Å²) in [5.74, 6) is -0.120. The molecule has 6 nitrogen and oxygen atoms in total. The van der Waals surface area contributed by atoms with Gasteiger partial charge in [-0.1, -0.05) is 12.8 Å². The van der Waals surface area contributed by atoms with Crippen molar-refractivity contribution in [1.29, 1.82) is 0 Å². The van der Waals surface area contributed by atoms with Crippen molar-refractivity contribution in [2.75, 3.05) is 6.54 Å². The Morgan fingerprint density at radius 2 is 2.00 bits per heavy atom. The molecule has 0 bridgehead atoms. The molecule has 4 rings (SSSR count). The first-order valence-electron chi connectivity index (χ1n) is 9.18. The average Bonchev–Trinajstić information content (AvgIpc) is 3.40. The number of fused-ring (bicyclic) bond motifs is 1. The number of hydrogen-bond acceptors (Lipinski definition) is 4. The molecule has 9 heteroatoms. The van der Waals surface area contributed by atoms with E-state index >= 15 is 0 Å². The van der Waals surface area contributed by atoms with Crippen LogP contribution in [-0.4, -0.2) is 44.5 Å². The molecule has 1 saturated carbocycles. The Labute approximate surface area is 158 Å². The van der Waals surface area contributed by atoms with Crippen LogP contribution in [-0.2, 0) is 0 Å². The van der Waals surface area contributed by atoms with E-state index in [0.29, 0.717) is 29.9 Å². The summed E-state index contributed by atoms with van der Waals surface area (Å²) in [6, 6.07) is 4.72. The fourth-order valence-electron chi connectivity index (χ4n) is 3.70. The lowest BCUT2D eigenvalue weighted by atomic mass is 10.2. The molecule has 3 aromatic rings. The second-order valence-corrected chi connectivity index (χ2v) is 6.93. The van der Waals surface area contributed by atoms with Crippen LogP contribution >= 0.6 is 0 Å². The Morgan fingerprint density at radius 3 is 2.75 bits per heavy atom. The number of nitrogens with one attached hydrogen (secondary N) is 1. The van der Waals surface area contributed by atoms with Gasteiger partial charge in [-0.15, -0.1) is 0 Å². The van der Waals surface area contributed by atoms with E-state index in [-0.39, 0.29) is 18.3 Å². The molecule has 0 radical (unpaired) electrons. The number of halogens is 3. The van der Waals surface area contributed by atoms with Crippen molar-refractivity contribution >= 4 is 16.9 Å². The fraction of sp³-hybridized carbons (Fsp3) is 0.421. The number of nitrogens with zero attached hydrogens (tertiary/aromatic N) is 3. The van der Waals surface area contributed by atoms with Gasteiger partial charge in [0.2, 0.25) is 0 Å². The molecule has 1 fully saturated rings. The lowest BCUT2D eigenvalue weighted by molar-refractivity contribution is -0.137. The van der Waals surface area contributed by atoms with Gasteiger partial charge in [0.15, 0.2) is 11.5 Å². The minimum atomic E-state index is -4.31. The standard InChI is InChI=1S/C19H19F3N4O2/c20-19(21,22)8-10-26(12-3-1-2-4-12)18(27)15-6-5-14(28-15)16-13-7-9-23-17(13)25-11-24-16/h5-7,9,11-12H,1-4,8,10H2,(H,23,24,25). The molecule has 3 heterocycles. The van der Waals surface area contributed by atoms with Gasteiger partial charge in [-0.05, 0) is 31.0 Å². The third-order valence-electron chi connectivity index (χ3n) is 5.07. The van der Waals surface area contributed by atoms with Gasteiger partial charge in [-0.25, -0.2) is 9.97 Å². The van der Waals surface area contributed by atoms with Crippen LogP contribution < -0.4 is 0 Å². The predicted octanol–water partition coefficient (Wildman–Crippen LogP) is 4.56. The summed E-state index contributed by atoms with van der Waals surface area (Å²) < 4.78 is 43.9. The Hall–Kier alpha value is -2.84. The highest BCUT2D eigenvalue weighted by Gasteiger charge is 2.34. The first kappa shape index (κ1) is 18.5. The van der Waals surface area contributed by atoms with Crippen molar-refractivity contribution in [2.45, 2.75) is 44.3 Å². The first-order chi connectivity index (χ1) is 13.4. The topological polar surface area (TPSA) is 75.0 Å². The van der Waals surface area contributed by atoms with Crippen molar-refractivity contribution in [1.82, 2.24) is 19.9 Å². The van der Waals surface area contributed by atoms with Crippen molar-refractivity contribution in [3.63, 3.8) is 0 Å². The highest BCUT2D eigenvalue weighted by Crippen LogP contribution is 2.30. The quantitative estimate of drug-likeness (QED) is 0.691. The molecule has 0 unspecified atom stereocenters. The molecule has 0 aliphatic heterocycles. The van der Waals surface area contributed by atoms with E-state index in [1.807, 2.05) is 0 Å². The minimum Gasteiger partial charge on any atom is -0.449 e. The lowest BCUT2D eigenvalue weighted by Crippen LogP contribution is -2.40. The largest absolute Gasteiger partial charge is 0.449 e. The zero-order valence-corrected chi connectivity index (χ0v) is 15.0. The summed E-state index contributed by atoms with van der Waals surface area (Å²) in [6.45, 7) is -0.363. The maximum Gasteiger partial charge on any atom is 0.390 e. The molecule has 3 aromatic heterocycles. The Kier molecular flexibility index (Phi) is 4.82. The number of rotatable bonds is 5. The van der Waals surface area contributed by atoms with Gasteiger partial charge in [-0.2, -0.15) is 13.2 Å². The Morgan fingerprint density at radius 1 is 1.21 bits per heavy atom. The highest BCUT2D eigenvalue weighted by molar-refractivity contribution is 5.94. The van der Waals surface area contributed by atoms with Crippen molar-refractivity contribution < 1.29 is 22.4 Å². The molecule has 1 amide bonds. The maximum absolute atomic E-state index is 12.9. The zero-order valence-electron chi connectivity index (χ0n) is 15.0. The van der Waals surface area contributed by atoms with E-state index in [1.165, 1.54) is 17.3 Å². The van der Waals surface area contributed by atoms with E-state index in [9.17, 15) is 18.0 Å². The zero-order chi connectivity index (χ0) is 19.7. The van der Waals surface area contributed by atoms with Crippen LogP contribution in [0.5, 0.6) is 0 Å². The normalized spacial score (nSPS) is 15.4. The van der Waals surface area contributed by atoms with Crippen LogP contribution in [0.4, 0.5) is 13.2 Å². The number of alkyl halides is 3. The van der Waals surface area contributed by atoms with Gasteiger partial charge in [0.25, 0.3) is 5.91 Å². The van der Waals surface area contributed by atoms with E-state index in [2.05, 4.69) is 15.0 Å². The number of amides is 1. The number of H-pyrrole nitrogens is 1. The third-order valence-corrected chi connectivity index (χ3v) is 5.07. The highest BCUT2D eigenvalue weighted by atomic mass is 19.4. The van der Waals surface area contributed by atoms with Gasteiger partial charge in [0.1, 0.15) is 17.7 Å². The van der Waals surface area contributed by atoms with Crippen LogP contribution in [0.2, 0.25) is 0 Å². The SMILES string of the molecule is O=C(c1ccc(-c2ncnc3[nH]ccc23)o1)N(CCC(F)(F)F)C1CCCC1. The number of furan rings is 1. The summed E-state index contributed by atoms with van der Waals surface area (Å²) in [5, 5.41) is 0.737. The average molecular weight is 392 g/mol. The Balaban J connectivity index is 1.60. The number of carbonyl (C=O) groups is 1. The molecule has 1 N–H and O–H groups in total. The van der Waals surface area contributed by atoms with E-state index in [4.69, 9.17) is 4.42 Å². The molecule has 1 aliphatic carbocycles. The summed E-state index contributed by atoms with van der Waals surface area (Å²) in [5.41, 5.74) is 1.15. The molecule has 0 saturated heterocycles. The molecule has 148 valence electrons. The smallest absolute Gasteiger partial charge is 0.390 e. The van der Waals surface area contributed by atoms with Crippen LogP contribution in [0.15, 0.2) is 35.1 Å². The van der Waals surface area contributed by atoms with E-state index < -0.39 is 18.5 Å². The van der Waals surface area contributed by atoms with Crippen LogP contribution in [0, 0.1) is 0 Å².